The standard InChI is InChI=1S/C16H15F2N3O4/c1-2-20-6-9(16(24)25)15(23)8-5-10(17)14(12(18)13(8)20)21-4-3-19-11(22)7-21/h5-6H,2-4,7H2,1H3,(H,19,22)(H,24,25). The number of halogens is 2. The Labute approximate surface area is 140 Å². The third-order valence-corrected chi connectivity index (χ3v) is 4.16. The number of piperazine rings is 1. The van der Waals surface area contributed by atoms with E-state index in [1.54, 1.807) is 6.92 Å². The van der Waals surface area contributed by atoms with E-state index in [4.69, 9.17) is 5.11 Å². The molecule has 1 aromatic carbocycles. The summed E-state index contributed by atoms with van der Waals surface area (Å²) in [5.74, 6) is -3.83. The van der Waals surface area contributed by atoms with Crippen molar-refractivity contribution in [3.63, 3.8) is 0 Å². The number of amides is 1. The zero-order valence-electron chi connectivity index (χ0n) is 13.3. The molecular weight excluding hydrogens is 336 g/mol. The minimum absolute atomic E-state index is 0.180. The second kappa shape index (κ2) is 6.15. The largest absolute Gasteiger partial charge is 0.477 e. The van der Waals surface area contributed by atoms with E-state index in [1.165, 1.54) is 9.47 Å². The van der Waals surface area contributed by atoms with Gasteiger partial charge in [-0.05, 0) is 13.0 Å². The summed E-state index contributed by atoms with van der Waals surface area (Å²) in [6, 6.07) is 0.835. The minimum atomic E-state index is -1.47. The molecule has 1 saturated heterocycles. The Kier molecular flexibility index (Phi) is 4.15. The first-order valence-corrected chi connectivity index (χ1v) is 7.65. The fraction of sp³-hybridized carbons (Fsp3) is 0.312. The Morgan fingerprint density at radius 1 is 1.36 bits per heavy atom. The number of nitrogens with zero attached hydrogens (tertiary/aromatic N) is 2. The number of pyridine rings is 1. The van der Waals surface area contributed by atoms with Gasteiger partial charge < -0.3 is 19.9 Å². The highest BCUT2D eigenvalue weighted by molar-refractivity contribution is 5.94. The molecular formula is C16H15F2N3O4. The first-order valence-electron chi connectivity index (χ1n) is 7.65. The predicted octanol–water partition coefficient (Wildman–Crippen LogP) is 0.934. The summed E-state index contributed by atoms with van der Waals surface area (Å²) in [5, 5.41) is 11.3. The molecule has 0 spiro atoms. The number of carboxylic acid groups (broad SMARTS) is 1. The van der Waals surface area contributed by atoms with Crippen LogP contribution in [-0.4, -0.2) is 41.2 Å². The van der Waals surface area contributed by atoms with Gasteiger partial charge in [-0.15, -0.1) is 0 Å². The van der Waals surface area contributed by atoms with E-state index in [0.29, 0.717) is 0 Å². The van der Waals surface area contributed by atoms with Gasteiger partial charge in [-0.3, -0.25) is 9.59 Å². The summed E-state index contributed by atoms with van der Waals surface area (Å²) in [6.45, 7) is 2.08. The number of fused-ring (bicyclic) bond motifs is 1. The molecule has 2 aromatic rings. The van der Waals surface area contributed by atoms with Gasteiger partial charge in [-0.25, -0.2) is 13.6 Å². The van der Waals surface area contributed by atoms with E-state index in [0.717, 1.165) is 12.3 Å². The van der Waals surface area contributed by atoms with Crippen molar-refractivity contribution in [2.45, 2.75) is 13.5 Å². The van der Waals surface area contributed by atoms with Crippen molar-refractivity contribution >= 4 is 28.5 Å². The Hall–Kier alpha value is -2.97. The van der Waals surface area contributed by atoms with Crippen LogP contribution in [0.1, 0.15) is 17.3 Å². The number of aromatic carboxylic acids is 1. The van der Waals surface area contributed by atoms with E-state index in [9.17, 15) is 18.8 Å². The van der Waals surface area contributed by atoms with Gasteiger partial charge in [0.05, 0.1) is 17.4 Å². The van der Waals surface area contributed by atoms with Gasteiger partial charge >= 0.3 is 5.97 Å². The third kappa shape index (κ3) is 2.71. The lowest BCUT2D eigenvalue weighted by Crippen LogP contribution is -2.48. The maximum absolute atomic E-state index is 15.1. The van der Waals surface area contributed by atoms with Gasteiger partial charge in [-0.1, -0.05) is 0 Å². The van der Waals surface area contributed by atoms with Gasteiger partial charge in [0.2, 0.25) is 11.3 Å². The number of aromatic nitrogens is 1. The molecule has 1 amide bonds. The summed E-state index contributed by atoms with van der Waals surface area (Å²) in [5.41, 5.74) is -2.09. The SMILES string of the molecule is CCn1cc(C(=O)O)c(=O)c2cc(F)c(N3CCNC(=O)C3)c(F)c21. The lowest BCUT2D eigenvalue weighted by Gasteiger charge is -2.29. The fourth-order valence-electron chi connectivity index (χ4n) is 3.00. The highest BCUT2D eigenvalue weighted by atomic mass is 19.1. The molecule has 0 saturated carbocycles. The monoisotopic (exact) mass is 351 g/mol. The predicted molar refractivity (Wildman–Crippen MR) is 86.0 cm³/mol. The van der Waals surface area contributed by atoms with Crippen LogP contribution in [0.3, 0.4) is 0 Å². The number of carbonyl (C=O) groups excluding carboxylic acids is 1. The summed E-state index contributed by atoms with van der Waals surface area (Å²) in [6.07, 6.45) is 1.04. The fourth-order valence-corrected chi connectivity index (χ4v) is 3.00. The minimum Gasteiger partial charge on any atom is -0.477 e. The van der Waals surface area contributed by atoms with Crippen LogP contribution in [0, 0.1) is 11.6 Å². The molecule has 1 aromatic heterocycles. The average Bonchev–Trinajstić information content (AvgIpc) is 2.55. The molecule has 3 rings (SSSR count). The summed E-state index contributed by atoms with van der Waals surface area (Å²) < 4.78 is 30.9. The van der Waals surface area contributed by atoms with Crippen LogP contribution in [-0.2, 0) is 11.3 Å². The van der Waals surface area contributed by atoms with Gasteiger partial charge in [0.1, 0.15) is 17.1 Å². The number of hydrogen-bond acceptors (Lipinski definition) is 4. The van der Waals surface area contributed by atoms with Crippen LogP contribution in [0.4, 0.5) is 14.5 Å². The maximum atomic E-state index is 15.1. The average molecular weight is 351 g/mol. The van der Waals surface area contributed by atoms with E-state index < -0.39 is 34.3 Å². The molecule has 0 aliphatic carbocycles. The molecule has 0 atom stereocenters. The van der Waals surface area contributed by atoms with Crippen molar-refractivity contribution in [3.05, 3.63) is 39.7 Å². The molecule has 1 aliphatic heterocycles. The zero-order chi connectivity index (χ0) is 18.3. The molecule has 132 valence electrons. The van der Waals surface area contributed by atoms with E-state index in [2.05, 4.69) is 5.32 Å². The molecule has 0 bridgehead atoms. The maximum Gasteiger partial charge on any atom is 0.341 e. The third-order valence-electron chi connectivity index (χ3n) is 4.16. The number of benzene rings is 1. The van der Waals surface area contributed by atoms with Gasteiger partial charge in [0, 0.05) is 25.8 Å². The Bertz CT molecular complexity index is 955. The highest BCUT2D eigenvalue weighted by Crippen LogP contribution is 2.30. The molecule has 7 nitrogen and oxygen atoms in total. The van der Waals surface area contributed by atoms with Crippen LogP contribution in [0.5, 0.6) is 0 Å². The van der Waals surface area contributed by atoms with Gasteiger partial charge in [0.15, 0.2) is 5.82 Å². The first-order chi connectivity index (χ1) is 11.8. The van der Waals surface area contributed by atoms with E-state index in [1.807, 2.05) is 0 Å². The lowest BCUT2D eigenvalue weighted by molar-refractivity contribution is -0.120. The Morgan fingerprint density at radius 2 is 2.08 bits per heavy atom. The lowest BCUT2D eigenvalue weighted by atomic mass is 10.1. The van der Waals surface area contributed by atoms with Crippen LogP contribution >= 0.6 is 0 Å². The molecule has 9 heteroatoms. The number of carbonyl (C=O) groups is 2. The number of rotatable bonds is 3. The number of hydrogen-bond donors (Lipinski definition) is 2. The van der Waals surface area contributed by atoms with Crippen molar-refractivity contribution in [2.75, 3.05) is 24.5 Å². The van der Waals surface area contributed by atoms with Crippen molar-refractivity contribution in [3.8, 4) is 0 Å². The molecule has 2 N–H and O–H groups in total. The second-order valence-electron chi connectivity index (χ2n) is 5.65. The molecule has 1 fully saturated rings. The first kappa shape index (κ1) is 16.9. The van der Waals surface area contributed by atoms with Crippen molar-refractivity contribution in [1.29, 1.82) is 0 Å². The normalized spacial score (nSPS) is 14.7. The van der Waals surface area contributed by atoms with Crippen molar-refractivity contribution in [2.24, 2.45) is 0 Å². The van der Waals surface area contributed by atoms with E-state index in [-0.39, 0.29) is 43.0 Å². The van der Waals surface area contributed by atoms with Crippen LogP contribution < -0.4 is 15.6 Å². The number of anilines is 1. The molecule has 2 heterocycles. The summed E-state index contributed by atoms with van der Waals surface area (Å²) in [7, 11) is 0. The van der Waals surface area contributed by atoms with Crippen molar-refractivity contribution in [1.82, 2.24) is 9.88 Å². The highest BCUT2D eigenvalue weighted by Gasteiger charge is 2.27. The topological polar surface area (TPSA) is 91.6 Å². The number of aryl methyl sites for hydroxylation is 1. The zero-order valence-corrected chi connectivity index (χ0v) is 13.3. The van der Waals surface area contributed by atoms with Crippen LogP contribution in [0.15, 0.2) is 17.1 Å². The molecule has 0 radical (unpaired) electrons. The molecule has 25 heavy (non-hydrogen) atoms. The van der Waals surface area contributed by atoms with Crippen molar-refractivity contribution < 1.29 is 23.5 Å². The smallest absolute Gasteiger partial charge is 0.341 e. The number of carboxylic acids is 1. The quantitative estimate of drug-likeness (QED) is 0.859. The molecule has 0 unspecified atom stereocenters. The summed E-state index contributed by atoms with van der Waals surface area (Å²) >= 11 is 0. The number of nitrogens with one attached hydrogen (secondary N) is 1. The van der Waals surface area contributed by atoms with Crippen LogP contribution in [0.2, 0.25) is 0 Å². The van der Waals surface area contributed by atoms with Gasteiger partial charge in [0.25, 0.3) is 0 Å². The Balaban J connectivity index is 2.33. The second-order valence-corrected chi connectivity index (χ2v) is 5.65. The Morgan fingerprint density at radius 3 is 2.68 bits per heavy atom. The summed E-state index contributed by atoms with van der Waals surface area (Å²) in [4.78, 5) is 36.3. The van der Waals surface area contributed by atoms with Crippen LogP contribution in [0.25, 0.3) is 10.9 Å². The molecule has 1 aliphatic rings. The van der Waals surface area contributed by atoms with Gasteiger partial charge in [-0.2, -0.15) is 0 Å². The van der Waals surface area contributed by atoms with E-state index >= 15 is 4.39 Å².